The standard InChI is InChI=1S/C21H17F3N2O4/c1-26-12-19(29-13-14-5-3-2-4-6-14)18(27)11-17(26)20(28)25-15-7-9-16(10-8-15)30-21(22,23)24/h2-12H,13H2,1H3,(H,25,28). The summed E-state index contributed by atoms with van der Waals surface area (Å²) in [6.45, 7) is 0.202. The molecule has 0 fully saturated rings. The van der Waals surface area contributed by atoms with Gasteiger partial charge in [-0.25, -0.2) is 0 Å². The van der Waals surface area contributed by atoms with Gasteiger partial charge in [0, 0.05) is 18.8 Å². The number of aromatic nitrogens is 1. The molecule has 0 atom stereocenters. The number of nitrogens with one attached hydrogen (secondary N) is 1. The molecule has 6 nitrogen and oxygen atoms in total. The van der Waals surface area contributed by atoms with Crippen molar-refractivity contribution in [3.8, 4) is 11.5 Å². The number of rotatable bonds is 6. The van der Waals surface area contributed by atoms with E-state index in [2.05, 4.69) is 10.1 Å². The molecule has 0 aliphatic carbocycles. The lowest BCUT2D eigenvalue weighted by atomic mass is 10.2. The number of hydrogen-bond acceptors (Lipinski definition) is 4. The second-order valence-corrected chi connectivity index (χ2v) is 6.30. The third-order valence-electron chi connectivity index (χ3n) is 4.02. The molecule has 30 heavy (non-hydrogen) atoms. The van der Waals surface area contributed by atoms with Gasteiger partial charge in [-0.15, -0.1) is 13.2 Å². The van der Waals surface area contributed by atoms with Gasteiger partial charge in [0.15, 0.2) is 5.75 Å². The highest BCUT2D eigenvalue weighted by atomic mass is 19.4. The first kappa shape index (κ1) is 21.0. The van der Waals surface area contributed by atoms with Crippen LogP contribution >= 0.6 is 0 Å². The topological polar surface area (TPSA) is 69.6 Å². The number of nitrogens with zero attached hydrogens (tertiary/aromatic N) is 1. The number of anilines is 1. The summed E-state index contributed by atoms with van der Waals surface area (Å²) in [5.74, 6) is -0.923. The van der Waals surface area contributed by atoms with Gasteiger partial charge in [0.2, 0.25) is 5.43 Å². The van der Waals surface area contributed by atoms with Crippen LogP contribution in [0.15, 0.2) is 71.7 Å². The first-order valence-electron chi connectivity index (χ1n) is 8.76. The molecule has 9 heteroatoms. The Balaban J connectivity index is 1.68. The molecule has 1 aromatic heterocycles. The summed E-state index contributed by atoms with van der Waals surface area (Å²) in [5.41, 5.74) is 0.719. The van der Waals surface area contributed by atoms with Crippen molar-refractivity contribution >= 4 is 11.6 Å². The highest BCUT2D eigenvalue weighted by Crippen LogP contribution is 2.24. The first-order chi connectivity index (χ1) is 14.2. The van der Waals surface area contributed by atoms with Gasteiger partial charge in [0.1, 0.15) is 18.1 Å². The number of halogens is 3. The second-order valence-electron chi connectivity index (χ2n) is 6.30. The zero-order valence-electron chi connectivity index (χ0n) is 15.8. The SMILES string of the molecule is Cn1cc(OCc2ccccc2)c(=O)cc1C(=O)Nc1ccc(OC(F)(F)F)cc1. The van der Waals surface area contributed by atoms with E-state index in [1.807, 2.05) is 30.3 Å². The number of hydrogen-bond donors (Lipinski definition) is 1. The van der Waals surface area contributed by atoms with Crippen LogP contribution in [0.2, 0.25) is 0 Å². The Morgan fingerprint density at radius 1 is 1.07 bits per heavy atom. The van der Waals surface area contributed by atoms with Crippen molar-refractivity contribution < 1.29 is 27.4 Å². The number of aryl methyl sites for hydroxylation is 1. The Bertz CT molecular complexity index is 1080. The summed E-state index contributed by atoms with van der Waals surface area (Å²) in [6, 6.07) is 15.1. The highest BCUT2D eigenvalue weighted by molar-refractivity contribution is 6.03. The summed E-state index contributed by atoms with van der Waals surface area (Å²) >= 11 is 0. The number of pyridine rings is 1. The van der Waals surface area contributed by atoms with Gasteiger partial charge >= 0.3 is 6.36 Å². The molecule has 156 valence electrons. The average Bonchev–Trinajstić information content (AvgIpc) is 2.69. The molecule has 0 unspecified atom stereocenters. The van der Waals surface area contributed by atoms with Crippen molar-refractivity contribution in [3.05, 3.63) is 88.3 Å². The fourth-order valence-corrected chi connectivity index (χ4v) is 2.61. The Morgan fingerprint density at radius 3 is 2.37 bits per heavy atom. The zero-order valence-corrected chi connectivity index (χ0v) is 15.8. The number of alkyl halides is 3. The number of benzene rings is 2. The van der Waals surface area contributed by atoms with E-state index in [-0.39, 0.29) is 23.7 Å². The predicted octanol–water partition coefficient (Wildman–Crippen LogP) is 4.12. The minimum atomic E-state index is -4.80. The minimum Gasteiger partial charge on any atom is -0.483 e. The van der Waals surface area contributed by atoms with Crippen LogP contribution < -0.4 is 20.2 Å². The minimum absolute atomic E-state index is 0.0580. The molecular weight excluding hydrogens is 401 g/mol. The highest BCUT2D eigenvalue weighted by Gasteiger charge is 2.31. The van der Waals surface area contributed by atoms with Gasteiger partial charge in [0.25, 0.3) is 5.91 Å². The van der Waals surface area contributed by atoms with Gasteiger partial charge in [-0.2, -0.15) is 0 Å². The van der Waals surface area contributed by atoms with E-state index in [9.17, 15) is 22.8 Å². The van der Waals surface area contributed by atoms with E-state index < -0.39 is 23.4 Å². The van der Waals surface area contributed by atoms with E-state index in [0.29, 0.717) is 0 Å². The lowest BCUT2D eigenvalue weighted by Crippen LogP contribution is -2.21. The summed E-state index contributed by atoms with van der Waals surface area (Å²) in [7, 11) is 1.57. The molecule has 2 aromatic carbocycles. The van der Waals surface area contributed by atoms with Crippen LogP contribution in [0, 0.1) is 0 Å². The lowest BCUT2D eigenvalue weighted by molar-refractivity contribution is -0.274. The molecule has 0 bridgehead atoms. The number of carbonyl (C=O) groups is 1. The zero-order chi connectivity index (χ0) is 21.7. The number of carbonyl (C=O) groups excluding carboxylic acids is 1. The normalized spacial score (nSPS) is 11.1. The summed E-state index contributed by atoms with van der Waals surface area (Å²) in [5, 5.41) is 2.52. The molecule has 0 aliphatic heterocycles. The quantitative estimate of drug-likeness (QED) is 0.654. The van der Waals surface area contributed by atoms with Gasteiger partial charge in [-0.1, -0.05) is 30.3 Å². The molecule has 3 aromatic rings. The molecule has 1 amide bonds. The molecule has 0 aliphatic rings. The third kappa shape index (κ3) is 5.63. The maximum Gasteiger partial charge on any atom is 0.573 e. The van der Waals surface area contributed by atoms with E-state index in [4.69, 9.17) is 4.74 Å². The maximum absolute atomic E-state index is 12.5. The van der Waals surface area contributed by atoms with Crippen LogP contribution in [0.4, 0.5) is 18.9 Å². The summed E-state index contributed by atoms with van der Waals surface area (Å²) in [6.07, 6.45) is -3.40. The number of amides is 1. The smallest absolute Gasteiger partial charge is 0.483 e. The molecule has 0 saturated carbocycles. The molecule has 1 heterocycles. The van der Waals surface area contributed by atoms with Crippen LogP contribution in [0.5, 0.6) is 11.5 Å². The van der Waals surface area contributed by atoms with Crippen molar-refractivity contribution in [2.45, 2.75) is 13.0 Å². The Kier molecular flexibility index (Phi) is 6.10. The molecule has 0 radical (unpaired) electrons. The van der Waals surface area contributed by atoms with E-state index in [0.717, 1.165) is 23.8 Å². The Hall–Kier alpha value is -3.75. The van der Waals surface area contributed by atoms with Gasteiger partial charge in [-0.3, -0.25) is 9.59 Å². The molecule has 0 spiro atoms. The van der Waals surface area contributed by atoms with Crippen molar-refractivity contribution in [1.29, 1.82) is 0 Å². The van der Waals surface area contributed by atoms with Crippen molar-refractivity contribution in [1.82, 2.24) is 4.57 Å². The predicted molar refractivity (Wildman–Crippen MR) is 104 cm³/mol. The van der Waals surface area contributed by atoms with Gasteiger partial charge < -0.3 is 19.4 Å². The van der Waals surface area contributed by atoms with Gasteiger partial charge in [-0.05, 0) is 29.8 Å². The summed E-state index contributed by atoms with van der Waals surface area (Å²) in [4.78, 5) is 24.8. The third-order valence-corrected chi connectivity index (χ3v) is 4.02. The van der Waals surface area contributed by atoms with Crippen LogP contribution in [0.3, 0.4) is 0 Å². The van der Waals surface area contributed by atoms with Crippen LogP contribution in [0.1, 0.15) is 16.1 Å². The van der Waals surface area contributed by atoms with Crippen LogP contribution in [-0.2, 0) is 13.7 Å². The van der Waals surface area contributed by atoms with Gasteiger partial charge in [0.05, 0.1) is 6.20 Å². The maximum atomic E-state index is 12.5. The molecule has 1 N–H and O–H groups in total. The molecular formula is C21H17F3N2O4. The first-order valence-corrected chi connectivity index (χ1v) is 8.76. The van der Waals surface area contributed by atoms with Crippen LogP contribution in [-0.4, -0.2) is 16.8 Å². The van der Waals surface area contributed by atoms with E-state index >= 15 is 0 Å². The van der Waals surface area contributed by atoms with Crippen molar-refractivity contribution in [2.24, 2.45) is 7.05 Å². The Labute approximate surface area is 169 Å². The van der Waals surface area contributed by atoms with E-state index in [1.54, 1.807) is 7.05 Å². The lowest BCUT2D eigenvalue weighted by Gasteiger charge is -2.13. The fourth-order valence-electron chi connectivity index (χ4n) is 2.61. The second kappa shape index (κ2) is 8.73. The largest absolute Gasteiger partial charge is 0.573 e. The number of ether oxygens (including phenoxy) is 2. The van der Waals surface area contributed by atoms with Crippen molar-refractivity contribution in [3.63, 3.8) is 0 Å². The molecule has 0 saturated heterocycles. The average molecular weight is 418 g/mol. The van der Waals surface area contributed by atoms with Crippen molar-refractivity contribution in [2.75, 3.05) is 5.32 Å². The monoisotopic (exact) mass is 418 g/mol. The molecule has 3 rings (SSSR count). The van der Waals surface area contributed by atoms with E-state index in [1.165, 1.54) is 22.9 Å². The summed E-state index contributed by atoms with van der Waals surface area (Å²) < 4.78 is 47.4. The van der Waals surface area contributed by atoms with Crippen LogP contribution in [0.25, 0.3) is 0 Å². The Morgan fingerprint density at radius 2 is 1.73 bits per heavy atom. The fraction of sp³-hybridized carbons (Fsp3) is 0.143.